The number of nitrogens with one attached hydrogen (secondary N) is 2. The molecule has 3 aromatic rings. The molecule has 0 saturated carbocycles. The molecule has 1 heterocycles. The van der Waals surface area contributed by atoms with Crippen LogP contribution in [0.4, 0.5) is 17.1 Å². The summed E-state index contributed by atoms with van der Waals surface area (Å²) in [5.74, 6) is -1.16. The molecule has 0 aromatic heterocycles. The van der Waals surface area contributed by atoms with Gasteiger partial charge in [0.1, 0.15) is 16.5 Å². The van der Waals surface area contributed by atoms with E-state index in [4.69, 9.17) is 27.9 Å². The topological polar surface area (TPSA) is 87.7 Å². The lowest BCUT2D eigenvalue weighted by Crippen LogP contribution is -2.32. The molecular formula is C25H19Cl2N3O4. The van der Waals surface area contributed by atoms with Gasteiger partial charge in [-0.25, -0.2) is 4.90 Å². The zero-order valence-corrected chi connectivity index (χ0v) is 19.7. The first-order valence-electron chi connectivity index (χ1n) is 10.2. The molecule has 1 aliphatic heterocycles. The number of ether oxygens (including phenoxy) is 1. The summed E-state index contributed by atoms with van der Waals surface area (Å²) in [6, 6.07) is 18.3. The zero-order chi connectivity index (χ0) is 24.4. The van der Waals surface area contributed by atoms with Crippen LogP contribution in [0, 0.1) is 6.92 Å². The molecule has 1 aliphatic rings. The molecule has 172 valence electrons. The largest absolute Gasteiger partial charge is 0.495 e. The molecule has 0 unspecified atom stereocenters. The summed E-state index contributed by atoms with van der Waals surface area (Å²) < 4.78 is 5.26. The number of imide groups is 1. The highest BCUT2D eigenvalue weighted by atomic mass is 35.5. The van der Waals surface area contributed by atoms with Gasteiger partial charge in [-0.15, -0.1) is 0 Å². The van der Waals surface area contributed by atoms with E-state index in [9.17, 15) is 14.4 Å². The van der Waals surface area contributed by atoms with Gasteiger partial charge in [-0.3, -0.25) is 14.4 Å². The van der Waals surface area contributed by atoms with Gasteiger partial charge in [0.2, 0.25) is 0 Å². The first-order chi connectivity index (χ1) is 16.3. The molecule has 0 fully saturated rings. The Balaban J connectivity index is 1.56. The van der Waals surface area contributed by atoms with Crippen molar-refractivity contribution in [1.29, 1.82) is 0 Å². The Morgan fingerprint density at radius 2 is 1.71 bits per heavy atom. The van der Waals surface area contributed by atoms with Gasteiger partial charge < -0.3 is 15.4 Å². The van der Waals surface area contributed by atoms with E-state index in [1.807, 2.05) is 6.07 Å². The first-order valence-corrected chi connectivity index (χ1v) is 10.9. The smallest absolute Gasteiger partial charge is 0.283 e. The van der Waals surface area contributed by atoms with Gasteiger partial charge in [0.25, 0.3) is 17.7 Å². The molecule has 0 aliphatic carbocycles. The van der Waals surface area contributed by atoms with Crippen LogP contribution in [-0.4, -0.2) is 24.8 Å². The van der Waals surface area contributed by atoms with Crippen molar-refractivity contribution >= 4 is 58.0 Å². The van der Waals surface area contributed by atoms with Crippen LogP contribution in [0.1, 0.15) is 15.9 Å². The summed E-state index contributed by atoms with van der Waals surface area (Å²) in [5, 5.41) is 5.86. The molecule has 0 radical (unpaired) electrons. The molecule has 3 aromatic carbocycles. The average Bonchev–Trinajstić information content (AvgIpc) is 3.03. The van der Waals surface area contributed by atoms with Crippen LogP contribution in [0.15, 0.2) is 77.5 Å². The zero-order valence-electron chi connectivity index (χ0n) is 18.2. The summed E-state index contributed by atoms with van der Waals surface area (Å²) in [4.78, 5) is 39.6. The Morgan fingerprint density at radius 1 is 0.941 bits per heavy atom. The second-order valence-electron chi connectivity index (χ2n) is 7.43. The Labute approximate surface area is 205 Å². The maximum atomic E-state index is 13.0. The molecule has 2 N–H and O–H groups in total. The normalized spacial score (nSPS) is 13.4. The highest BCUT2D eigenvalue weighted by Crippen LogP contribution is 2.32. The molecule has 0 spiro atoms. The van der Waals surface area contributed by atoms with Crippen LogP contribution in [-0.2, 0) is 9.59 Å². The Kier molecular flexibility index (Phi) is 6.58. The maximum absolute atomic E-state index is 13.0. The fourth-order valence-electron chi connectivity index (χ4n) is 3.50. The molecular weight excluding hydrogens is 477 g/mol. The average molecular weight is 496 g/mol. The van der Waals surface area contributed by atoms with E-state index in [0.29, 0.717) is 33.4 Å². The SMILES string of the molecule is COc1ccc(Cl)cc1NC(=O)c1cccc(NC2=C(Cl)C(=O)N(c3ccccc3C)C2=O)c1. The quantitative estimate of drug-likeness (QED) is 0.450. The third-order valence-corrected chi connectivity index (χ3v) is 5.77. The van der Waals surface area contributed by atoms with Crippen molar-refractivity contribution in [3.8, 4) is 5.75 Å². The van der Waals surface area contributed by atoms with Crippen LogP contribution in [0.5, 0.6) is 5.75 Å². The number of amides is 3. The minimum atomic E-state index is -0.620. The lowest BCUT2D eigenvalue weighted by molar-refractivity contribution is -0.120. The summed E-state index contributed by atoms with van der Waals surface area (Å²) in [6.07, 6.45) is 0. The molecule has 0 bridgehead atoms. The summed E-state index contributed by atoms with van der Waals surface area (Å²) in [7, 11) is 1.49. The second-order valence-corrected chi connectivity index (χ2v) is 8.24. The number of hydrogen-bond acceptors (Lipinski definition) is 5. The number of para-hydroxylation sites is 1. The minimum absolute atomic E-state index is 0.0658. The number of benzene rings is 3. The number of anilines is 3. The van der Waals surface area contributed by atoms with Crippen LogP contribution < -0.4 is 20.3 Å². The molecule has 4 rings (SSSR count). The van der Waals surface area contributed by atoms with E-state index >= 15 is 0 Å². The molecule has 0 atom stereocenters. The number of carbonyl (C=O) groups is 3. The number of hydrogen-bond donors (Lipinski definition) is 2. The predicted molar refractivity (Wildman–Crippen MR) is 133 cm³/mol. The third-order valence-electron chi connectivity index (χ3n) is 5.19. The third kappa shape index (κ3) is 4.48. The molecule has 0 saturated heterocycles. The van der Waals surface area contributed by atoms with Crippen molar-refractivity contribution in [3.05, 3.63) is 93.6 Å². The van der Waals surface area contributed by atoms with Crippen molar-refractivity contribution in [2.24, 2.45) is 0 Å². The number of methoxy groups -OCH3 is 1. The van der Waals surface area contributed by atoms with E-state index in [2.05, 4.69) is 10.6 Å². The van der Waals surface area contributed by atoms with Crippen LogP contribution in [0.25, 0.3) is 0 Å². The van der Waals surface area contributed by atoms with Crippen molar-refractivity contribution < 1.29 is 19.1 Å². The van der Waals surface area contributed by atoms with Gasteiger partial charge in [-0.05, 0) is 55.0 Å². The standard InChI is InChI=1S/C25H19Cl2N3O4/c1-14-6-3-4-9-19(14)30-24(32)21(27)22(25(30)33)28-17-8-5-7-15(12-17)23(31)29-18-13-16(26)10-11-20(18)34-2/h3-13,28H,1-2H3,(H,29,31). The van der Waals surface area contributed by atoms with Crippen LogP contribution >= 0.6 is 23.2 Å². The molecule has 9 heteroatoms. The fraction of sp³-hybridized carbons (Fsp3) is 0.0800. The van der Waals surface area contributed by atoms with Crippen LogP contribution in [0.2, 0.25) is 5.02 Å². The Hall–Kier alpha value is -3.81. The van der Waals surface area contributed by atoms with Crippen molar-refractivity contribution in [2.45, 2.75) is 6.92 Å². The Morgan fingerprint density at radius 3 is 2.44 bits per heavy atom. The van der Waals surface area contributed by atoms with E-state index in [0.717, 1.165) is 10.5 Å². The molecule has 7 nitrogen and oxygen atoms in total. The number of aryl methyl sites for hydroxylation is 1. The minimum Gasteiger partial charge on any atom is -0.495 e. The van der Waals surface area contributed by atoms with Gasteiger partial charge >= 0.3 is 0 Å². The maximum Gasteiger partial charge on any atom is 0.283 e. The lowest BCUT2D eigenvalue weighted by atomic mass is 10.1. The summed E-state index contributed by atoms with van der Waals surface area (Å²) in [5.41, 5.74) is 2.27. The first kappa shape index (κ1) is 23.4. The molecule has 3 amide bonds. The summed E-state index contributed by atoms with van der Waals surface area (Å²) >= 11 is 12.3. The number of halogens is 2. The van der Waals surface area contributed by atoms with Crippen molar-refractivity contribution in [1.82, 2.24) is 0 Å². The summed E-state index contributed by atoms with van der Waals surface area (Å²) in [6.45, 7) is 1.80. The second kappa shape index (κ2) is 9.59. The Bertz CT molecular complexity index is 1350. The van der Waals surface area contributed by atoms with E-state index < -0.39 is 17.7 Å². The van der Waals surface area contributed by atoms with Gasteiger partial charge in [-0.2, -0.15) is 0 Å². The van der Waals surface area contributed by atoms with Gasteiger partial charge in [-0.1, -0.05) is 47.5 Å². The van der Waals surface area contributed by atoms with Crippen molar-refractivity contribution in [3.63, 3.8) is 0 Å². The number of carbonyl (C=O) groups excluding carboxylic acids is 3. The van der Waals surface area contributed by atoms with Gasteiger partial charge in [0.05, 0.1) is 18.5 Å². The van der Waals surface area contributed by atoms with Gasteiger partial charge in [0, 0.05) is 16.3 Å². The van der Waals surface area contributed by atoms with E-state index in [1.165, 1.54) is 13.2 Å². The lowest BCUT2D eigenvalue weighted by Gasteiger charge is -2.17. The number of nitrogens with zero attached hydrogens (tertiary/aromatic N) is 1. The van der Waals surface area contributed by atoms with E-state index in [-0.39, 0.29) is 10.7 Å². The van der Waals surface area contributed by atoms with E-state index in [1.54, 1.807) is 61.5 Å². The molecule has 34 heavy (non-hydrogen) atoms. The van der Waals surface area contributed by atoms with Crippen LogP contribution in [0.3, 0.4) is 0 Å². The predicted octanol–water partition coefficient (Wildman–Crippen LogP) is 5.35. The fourth-order valence-corrected chi connectivity index (χ4v) is 3.88. The van der Waals surface area contributed by atoms with Gasteiger partial charge in [0.15, 0.2) is 0 Å². The number of rotatable bonds is 6. The highest BCUT2D eigenvalue weighted by molar-refractivity contribution is 6.53. The van der Waals surface area contributed by atoms with Crippen molar-refractivity contribution in [2.75, 3.05) is 22.6 Å². The highest BCUT2D eigenvalue weighted by Gasteiger charge is 2.39. The monoisotopic (exact) mass is 495 g/mol.